The molecule has 0 saturated carbocycles. The molecule has 4 heteroatoms. The summed E-state index contributed by atoms with van der Waals surface area (Å²) in [6, 6.07) is 10.3. The Hall–Kier alpha value is -1.81. The van der Waals surface area contributed by atoms with Crippen molar-refractivity contribution in [1.29, 1.82) is 0 Å². The van der Waals surface area contributed by atoms with Gasteiger partial charge < -0.3 is 10.2 Å². The number of aliphatic hydroxyl groups excluding tert-OH is 1. The normalized spacial score (nSPS) is 10.4. The molecule has 0 atom stereocenters. The highest BCUT2D eigenvalue weighted by Crippen LogP contribution is 2.19. The Morgan fingerprint density at radius 1 is 1.12 bits per heavy atom. The molecule has 0 amide bonds. The highest BCUT2D eigenvalue weighted by atomic mass is 16.3. The van der Waals surface area contributed by atoms with Crippen LogP contribution < -0.4 is 5.46 Å². The van der Waals surface area contributed by atoms with Gasteiger partial charge in [-0.05, 0) is 36.4 Å². The van der Waals surface area contributed by atoms with Crippen molar-refractivity contribution in [3.8, 4) is 17.0 Å². The number of pyridine rings is 1. The monoisotopic (exact) mass is 225 g/mol. The van der Waals surface area contributed by atoms with E-state index < -0.39 is 0 Å². The van der Waals surface area contributed by atoms with Crippen molar-refractivity contribution in [1.82, 2.24) is 4.98 Å². The van der Waals surface area contributed by atoms with Crippen molar-refractivity contribution >= 4 is 13.3 Å². The molecule has 1 aromatic heterocycles. The van der Waals surface area contributed by atoms with E-state index in [1.54, 1.807) is 36.4 Å². The fourth-order valence-corrected chi connectivity index (χ4v) is 1.63. The van der Waals surface area contributed by atoms with Gasteiger partial charge in [-0.25, -0.2) is 0 Å². The van der Waals surface area contributed by atoms with Crippen LogP contribution in [0.15, 0.2) is 36.4 Å². The lowest BCUT2D eigenvalue weighted by molar-refractivity contribution is 0.298. The highest BCUT2D eigenvalue weighted by molar-refractivity contribution is 6.32. The number of phenols is 1. The Bertz CT molecular complexity index is 511. The van der Waals surface area contributed by atoms with E-state index in [9.17, 15) is 5.11 Å². The van der Waals surface area contributed by atoms with Crippen LogP contribution >= 0.6 is 0 Å². The Balaban J connectivity index is 2.40. The first-order valence-electron chi connectivity index (χ1n) is 5.36. The fourth-order valence-electron chi connectivity index (χ4n) is 1.63. The Kier molecular flexibility index (Phi) is 3.45. The number of aliphatic hydroxyl groups is 1. The van der Waals surface area contributed by atoms with E-state index in [0.29, 0.717) is 11.9 Å². The molecule has 2 radical (unpaired) electrons. The van der Waals surface area contributed by atoms with Crippen molar-refractivity contribution in [2.24, 2.45) is 0 Å². The predicted octanol–water partition coefficient (Wildman–Crippen LogP) is 0.783. The van der Waals surface area contributed by atoms with Crippen LogP contribution in [0.3, 0.4) is 0 Å². The lowest BCUT2D eigenvalue weighted by atomic mass is 9.94. The van der Waals surface area contributed by atoms with Gasteiger partial charge in [0, 0.05) is 24.3 Å². The third-order valence-corrected chi connectivity index (χ3v) is 2.43. The molecule has 1 aromatic carbocycles. The molecule has 0 saturated heterocycles. The number of aromatic nitrogens is 1. The van der Waals surface area contributed by atoms with Crippen molar-refractivity contribution in [3.63, 3.8) is 0 Å². The molecule has 84 valence electrons. The van der Waals surface area contributed by atoms with Gasteiger partial charge in [0.1, 0.15) is 13.6 Å². The van der Waals surface area contributed by atoms with Crippen molar-refractivity contribution < 1.29 is 10.2 Å². The Morgan fingerprint density at radius 3 is 2.47 bits per heavy atom. The first-order valence-corrected chi connectivity index (χ1v) is 5.36. The summed E-state index contributed by atoms with van der Waals surface area (Å²) >= 11 is 0. The largest absolute Gasteiger partial charge is 0.508 e. The predicted molar refractivity (Wildman–Crippen MR) is 67.5 cm³/mol. The number of aromatic hydroxyl groups is 1. The minimum atomic E-state index is 0.0471. The number of nitrogens with zero attached hydrogens (tertiary/aromatic N) is 1. The van der Waals surface area contributed by atoms with Gasteiger partial charge in [-0.15, -0.1) is 0 Å². The maximum absolute atomic E-state index is 9.22. The summed E-state index contributed by atoms with van der Waals surface area (Å²) in [5, 5.41) is 18.1. The van der Waals surface area contributed by atoms with Crippen molar-refractivity contribution in [2.45, 2.75) is 6.42 Å². The summed E-state index contributed by atoms with van der Waals surface area (Å²) < 4.78 is 0. The second-order valence-corrected chi connectivity index (χ2v) is 3.80. The van der Waals surface area contributed by atoms with Gasteiger partial charge in [-0.1, -0.05) is 5.46 Å². The van der Waals surface area contributed by atoms with Gasteiger partial charge in [0.05, 0.1) is 5.69 Å². The number of rotatable bonds is 3. The molecule has 0 unspecified atom stereocenters. The molecule has 3 nitrogen and oxygen atoms in total. The second-order valence-electron chi connectivity index (χ2n) is 3.80. The van der Waals surface area contributed by atoms with Crippen molar-refractivity contribution in [3.05, 3.63) is 42.1 Å². The van der Waals surface area contributed by atoms with E-state index in [-0.39, 0.29) is 12.4 Å². The average Bonchev–Trinajstić information content (AvgIpc) is 2.29. The molecule has 0 spiro atoms. The van der Waals surface area contributed by atoms with Crippen LogP contribution in [-0.2, 0) is 6.42 Å². The Morgan fingerprint density at radius 2 is 1.82 bits per heavy atom. The zero-order chi connectivity index (χ0) is 12.3. The second kappa shape index (κ2) is 5.02. The summed E-state index contributed by atoms with van der Waals surface area (Å²) in [5.41, 5.74) is 3.00. The average molecular weight is 225 g/mol. The fraction of sp³-hybridized carbons (Fsp3) is 0.154. The van der Waals surface area contributed by atoms with E-state index in [1.165, 1.54) is 0 Å². The van der Waals surface area contributed by atoms with Gasteiger partial charge in [-0.2, -0.15) is 0 Å². The minimum Gasteiger partial charge on any atom is -0.508 e. The van der Waals surface area contributed by atoms with E-state index in [2.05, 4.69) is 4.98 Å². The van der Waals surface area contributed by atoms with Crippen LogP contribution in [0.1, 0.15) is 5.69 Å². The topological polar surface area (TPSA) is 53.4 Å². The molecule has 17 heavy (non-hydrogen) atoms. The first kappa shape index (κ1) is 11.7. The number of phenolic OH excluding ortho intramolecular Hbond substituents is 1. The van der Waals surface area contributed by atoms with Crippen LogP contribution in [0.5, 0.6) is 5.75 Å². The molecule has 2 N–H and O–H groups in total. The van der Waals surface area contributed by atoms with Crippen LogP contribution in [0.25, 0.3) is 11.3 Å². The van der Waals surface area contributed by atoms with Crippen LogP contribution in [0.2, 0.25) is 0 Å². The summed E-state index contributed by atoms with van der Waals surface area (Å²) in [6.45, 7) is 0.0471. The zero-order valence-electron chi connectivity index (χ0n) is 9.30. The third-order valence-electron chi connectivity index (χ3n) is 2.43. The van der Waals surface area contributed by atoms with Crippen LogP contribution in [0.4, 0.5) is 0 Å². The molecule has 0 bridgehead atoms. The SMILES string of the molecule is [B]c1cc(CCO)nc(-c2ccc(O)cc2)c1. The van der Waals surface area contributed by atoms with Gasteiger partial charge in [0.25, 0.3) is 0 Å². The van der Waals surface area contributed by atoms with Gasteiger partial charge in [0.2, 0.25) is 0 Å². The third kappa shape index (κ3) is 2.85. The molecular weight excluding hydrogens is 213 g/mol. The smallest absolute Gasteiger partial charge is 0.115 e. The quantitative estimate of drug-likeness (QED) is 0.759. The van der Waals surface area contributed by atoms with Gasteiger partial charge >= 0.3 is 0 Å². The lowest BCUT2D eigenvalue weighted by Gasteiger charge is -2.06. The van der Waals surface area contributed by atoms with E-state index >= 15 is 0 Å². The molecular formula is C13H12BNO2. The molecule has 0 aliphatic carbocycles. The molecule has 2 aromatic rings. The number of hydrogen-bond acceptors (Lipinski definition) is 3. The van der Waals surface area contributed by atoms with E-state index in [0.717, 1.165) is 17.0 Å². The highest BCUT2D eigenvalue weighted by Gasteiger charge is 2.03. The lowest BCUT2D eigenvalue weighted by Crippen LogP contribution is -2.08. The number of hydrogen-bond donors (Lipinski definition) is 2. The molecule has 0 fully saturated rings. The van der Waals surface area contributed by atoms with Gasteiger partial charge in [-0.3, -0.25) is 4.98 Å². The van der Waals surface area contributed by atoms with Crippen LogP contribution in [-0.4, -0.2) is 29.7 Å². The van der Waals surface area contributed by atoms with Crippen molar-refractivity contribution in [2.75, 3.05) is 6.61 Å². The van der Waals surface area contributed by atoms with Crippen LogP contribution in [0, 0.1) is 0 Å². The first-order chi connectivity index (χ1) is 8.19. The summed E-state index contributed by atoms with van der Waals surface area (Å²) in [4.78, 5) is 4.40. The Labute approximate surface area is 101 Å². The standard InChI is InChI=1S/C13H12BNO2/c14-10-7-11(5-6-16)15-13(8-10)9-1-3-12(17)4-2-9/h1-4,7-8,16-17H,5-6H2. The molecule has 1 heterocycles. The summed E-state index contributed by atoms with van der Waals surface area (Å²) in [5.74, 6) is 0.216. The minimum absolute atomic E-state index is 0.0471. The summed E-state index contributed by atoms with van der Waals surface area (Å²) in [7, 11) is 5.79. The maximum Gasteiger partial charge on any atom is 0.115 e. The zero-order valence-corrected chi connectivity index (χ0v) is 9.30. The van der Waals surface area contributed by atoms with E-state index in [1.807, 2.05) is 0 Å². The maximum atomic E-state index is 9.22. The molecule has 0 aliphatic rings. The van der Waals surface area contributed by atoms with E-state index in [4.69, 9.17) is 13.0 Å². The molecule has 0 aliphatic heterocycles. The number of benzene rings is 1. The summed E-state index contributed by atoms with van der Waals surface area (Å²) in [6.07, 6.45) is 0.482. The molecule has 2 rings (SSSR count). The van der Waals surface area contributed by atoms with Gasteiger partial charge in [0.15, 0.2) is 0 Å².